The Morgan fingerprint density at radius 3 is 1.75 bits per heavy atom. The SMILES string of the molecule is C[C@H]1NC(=O)N[C@@H]1C. The predicted octanol–water partition coefficient (Wildman–Crippen LogP) is 0.0762. The number of rotatable bonds is 0. The molecule has 0 spiro atoms. The van der Waals surface area contributed by atoms with Gasteiger partial charge < -0.3 is 10.6 Å². The first-order valence-electron chi connectivity index (χ1n) is 2.77. The Morgan fingerprint density at radius 1 is 1.25 bits per heavy atom. The fourth-order valence-corrected chi connectivity index (χ4v) is 0.705. The van der Waals surface area contributed by atoms with Crippen molar-refractivity contribution in [1.29, 1.82) is 0 Å². The molecule has 3 nitrogen and oxygen atoms in total. The lowest BCUT2D eigenvalue weighted by molar-refractivity contribution is 0.247. The van der Waals surface area contributed by atoms with E-state index in [1.165, 1.54) is 0 Å². The van der Waals surface area contributed by atoms with E-state index in [-0.39, 0.29) is 18.1 Å². The quantitative estimate of drug-likeness (QED) is 0.460. The van der Waals surface area contributed by atoms with Gasteiger partial charge in [-0.3, -0.25) is 0 Å². The third-order valence-corrected chi connectivity index (χ3v) is 1.47. The van der Waals surface area contributed by atoms with Gasteiger partial charge in [-0.05, 0) is 13.8 Å². The lowest BCUT2D eigenvalue weighted by Crippen LogP contribution is -2.26. The van der Waals surface area contributed by atoms with Crippen molar-refractivity contribution in [2.45, 2.75) is 25.9 Å². The monoisotopic (exact) mass is 114 g/mol. The zero-order chi connectivity index (χ0) is 6.15. The molecule has 46 valence electrons. The first-order valence-corrected chi connectivity index (χ1v) is 2.77. The van der Waals surface area contributed by atoms with Crippen LogP contribution in [0.3, 0.4) is 0 Å². The van der Waals surface area contributed by atoms with Crippen molar-refractivity contribution in [3.63, 3.8) is 0 Å². The van der Waals surface area contributed by atoms with E-state index in [4.69, 9.17) is 0 Å². The fourth-order valence-electron chi connectivity index (χ4n) is 0.705. The van der Waals surface area contributed by atoms with E-state index < -0.39 is 0 Å². The van der Waals surface area contributed by atoms with Gasteiger partial charge in [-0.2, -0.15) is 0 Å². The van der Waals surface area contributed by atoms with Gasteiger partial charge in [0.05, 0.1) is 0 Å². The van der Waals surface area contributed by atoms with Gasteiger partial charge in [0, 0.05) is 12.1 Å². The molecule has 1 aliphatic heterocycles. The molecular formula is C5H10N2O. The van der Waals surface area contributed by atoms with Crippen molar-refractivity contribution in [2.75, 3.05) is 0 Å². The van der Waals surface area contributed by atoms with Crippen LogP contribution < -0.4 is 10.6 Å². The highest BCUT2D eigenvalue weighted by Crippen LogP contribution is 1.97. The molecule has 2 atom stereocenters. The second-order valence-corrected chi connectivity index (χ2v) is 2.20. The minimum Gasteiger partial charge on any atom is -0.334 e. The average Bonchev–Trinajstić information content (AvgIpc) is 1.85. The molecular weight excluding hydrogens is 104 g/mol. The van der Waals surface area contributed by atoms with Gasteiger partial charge in [0.2, 0.25) is 0 Å². The Labute approximate surface area is 48.5 Å². The molecule has 2 amide bonds. The minimum absolute atomic E-state index is 0.0509. The molecule has 0 radical (unpaired) electrons. The maximum Gasteiger partial charge on any atom is 0.315 e. The minimum atomic E-state index is -0.0509. The largest absolute Gasteiger partial charge is 0.334 e. The maximum absolute atomic E-state index is 10.4. The molecule has 0 bridgehead atoms. The molecule has 0 saturated carbocycles. The van der Waals surface area contributed by atoms with Crippen molar-refractivity contribution in [2.24, 2.45) is 0 Å². The molecule has 0 aromatic heterocycles. The van der Waals surface area contributed by atoms with Gasteiger partial charge in [0.15, 0.2) is 0 Å². The molecule has 0 aromatic carbocycles. The molecule has 2 N–H and O–H groups in total. The lowest BCUT2D eigenvalue weighted by atomic mass is 10.2. The molecule has 8 heavy (non-hydrogen) atoms. The van der Waals surface area contributed by atoms with Crippen molar-refractivity contribution in [1.82, 2.24) is 10.6 Å². The van der Waals surface area contributed by atoms with E-state index in [2.05, 4.69) is 10.6 Å². The fraction of sp³-hybridized carbons (Fsp3) is 0.800. The Balaban J connectivity index is 2.51. The lowest BCUT2D eigenvalue weighted by Gasteiger charge is -2.04. The molecule has 0 unspecified atom stereocenters. The topological polar surface area (TPSA) is 41.1 Å². The summed E-state index contributed by atoms with van der Waals surface area (Å²) in [4.78, 5) is 10.4. The molecule has 3 heteroatoms. The van der Waals surface area contributed by atoms with Gasteiger partial charge in [-0.1, -0.05) is 0 Å². The second kappa shape index (κ2) is 1.65. The number of hydrogen-bond acceptors (Lipinski definition) is 1. The van der Waals surface area contributed by atoms with E-state index >= 15 is 0 Å². The maximum atomic E-state index is 10.4. The summed E-state index contributed by atoms with van der Waals surface area (Å²) in [7, 11) is 0. The van der Waals surface area contributed by atoms with Crippen LogP contribution in [-0.2, 0) is 0 Å². The molecule has 1 heterocycles. The van der Waals surface area contributed by atoms with Crippen molar-refractivity contribution >= 4 is 6.03 Å². The predicted molar refractivity (Wildman–Crippen MR) is 30.6 cm³/mol. The van der Waals surface area contributed by atoms with Gasteiger partial charge in [-0.25, -0.2) is 4.79 Å². The van der Waals surface area contributed by atoms with Gasteiger partial charge in [0.25, 0.3) is 0 Å². The van der Waals surface area contributed by atoms with Crippen LogP contribution in [0.1, 0.15) is 13.8 Å². The van der Waals surface area contributed by atoms with Crippen LogP contribution in [0.2, 0.25) is 0 Å². The summed E-state index contributed by atoms with van der Waals surface area (Å²) in [6, 6.07) is 0.509. The highest BCUT2D eigenvalue weighted by molar-refractivity contribution is 5.77. The van der Waals surface area contributed by atoms with Crippen LogP contribution >= 0.6 is 0 Å². The molecule has 1 fully saturated rings. The summed E-state index contributed by atoms with van der Waals surface area (Å²) in [6.07, 6.45) is 0. The van der Waals surface area contributed by atoms with E-state index in [0.29, 0.717) is 0 Å². The number of hydrogen-bond donors (Lipinski definition) is 2. The summed E-state index contributed by atoms with van der Waals surface area (Å²) in [5.41, 5.74) is 0. The zero-order valence-electron chi connectivity index (χ0n) is 5.06. The standard InChI is InChI=1S/C5H10N2O/c1-3-4(2)7-5(8)6-3/h3-4H,1-2H3,(H2,6,7,8)/t3-,4-/m1/s1. The summed E-state index contributed by atoms with van der Waals surface area (Å²) < 4.78 is 0. The second-order valence-electron chi connectivity index (χ2n) is 2.20. The van der Waals surface area contributed by atoms with E-state index in [1.807, 2.05) is 13.8 Å². The van der Waals surface area contributed by atoms with Crippen molar-refractivity contribution in [3.05, 3.63) is 0 Å². The molecule has 0 aliphatic carbocycles. The summed E-state index contributed by atoms with van der Waals surface area (Å²) >= 11 is 0. The highest BCUT2D eigenvalue weighted by Gasteiger charge is 2.22. The first-order chi connectivity index (χ1) is 3.70. The normalized spacial score (nSPS) is 36.5. The Morgan fingerprint density at radius 2 is 1.62 bits per heavy atom. The number of carbonyl (C=O) groups excluding carboxylic acids is 1. The van der Waals surface area contributed by atoms with E-state index in [1.54, 1.807) is 0 Å². The van der Waals surface area contributed by atoms with E-state index in [0.717, 1.165) is 0 Å². The van der Waals surface area contributed by atoms with Crippen LogP contribution in [0, 0.1) is 0 Å². The summed E-state index contributed by atoms with van der Waals surface area (Å²) in [5, 5.41) is 5.43. The van der Waals surface area contributed by atoms with Crippen molar-refractivity contribution < 1.29 is 4.79 Å². The highest BCUT2D eigenvalue weighted by atomic mass is 16.2. The third-order valence-electron chi connectivity index (χ3n) is 1.47. The number of amides is 2. The Hall–Kier alpha value is -0.730. The third kappa shape index (κ3) is 0.757. The Kier molecular flexibility index (Phi) is 1.12. The smallest absolute Gasteiger partial charge is 0.315 e. The van der Waals surface area contributed by atoms with Crippen LogP contribution in [0.25, 0.3) is 0 Å². The van der Waals surface area contributed by atoms with Crippen LogP contribution in [0.4, 0.5) is 4.79 Å². The van der Waals surface area contributed by atoms with Gasteiger partial charge in [-0.15, -0.1) is 0 Å². The van der Waals surface area contributed by atoms with Crippen LogP contribution in [-0.4, -0.2) is 18.1 Å². The number of nitrogens with one attached hydrogen (secondary N) is 2. The number of urea groups is 1. The average molecular weight is 114 g/mol. The van der Waals surface area contributed by atoms with E-state index in [9.17, 15) is 4.79 Å². The zero-order valence-corrected chi connectivity index (χ0v) is 5.06. The van der Waals surface area contributed by atoms with Crippen molar-refractivity contribution in [3.8, 4) is 0 Å². The molecule has 0 aromatic rings. The number of carbonyl (C=O) groups is 1. The molecule has 1 saturated heterocycles. The molecule has 1 rings (SSSR count). The summed E-state index contributed by atoms with van der Waals surface area (Å²) in [6.45, 7) is 3.95. The first kappa shape index (κ1) is 5.41. The Bertz CT molecular complexity index is 101. The van der Waals surface area contributed by atoms with Gasteiger partial charge >= 0.3 is 6.03 Å². The van der Waals surface area contributed by atoms with Gasteiger partial charge in [0.1, 0.15) is 0 Å². The van der Waals surface area contributed by atoms with Crippen LogP contribution in [0.5, 0.6) is 0 Å². The van der Waals surface area contributed by atoms with Crippen LogP contribution in [0.15, 0.2) is 0 Å². The molecule has 1 aliphatic rings. The summed E-state index contributed by atoms with van der Waals surface area (Å²) in [5.74, 6) is 0.